The fourth-order valence-electron chi connectivity index (χ4n) is 5.70. The number of anilines is 1. The van der Waals surface area contributed by atoms with Crippen molar-refractivity contribution >= 4 is 11.7 Å². The number of carbonyl (C=O) groups is 1. The number of rotatable bonds is 10. The molecule has 10 heteroatoms. The monoisotopic (exact) mass is 567 g/mol. The van der Waals surface area contributed by atoms with Crippen LogP contribution in [0.4, 0.5) is 10.2 Å². The average Bonchev–Trinajstić information content (AvgIpc) is 3.80. The number of amides is 1. The van der Waals surface area contributed by atoms with Crippen LogP contribution in [-0.2, 0) is 11.2 Å². The minimum Gasteiger partial charge on any atom is -0.369 e. The highest BCUT2D eigenvalue weighted by Crippen LogP contribution is 2.40. The summed E-state index contributed by atoms with van der Waals surface area (Å²) in [5, 5.41) is 3.61. The van der Waals surface area contributed by atoms with Crippen molar-refractivity contribution < 1.29 is 9.18 Å². The van der Waals surface area contributed by atoms with E-state index in [1.54, 1.807) is 23.0 Å². The molecule has 1 aliphatic carbocycles. The zero-order valence-electron chi connectivity index (χ0n) is 23.3. The molecule has 0 bridgehead atoms. The number of aryl methyl sites for hydroxylation is 1. The number of nitrogens with two attached hydrogens (primary N) is 1. The lowest BCUT2D eigenvalue weighted by Gasteiger charge is -2.31. The molecule has 2 fully saturated rings. The molecule has 216 valence electrons. The minimum atomic E-state index is -0.291. The molecule has 0 radical (unpaired) electrons. The maximum atomic E-state index is 13.7. The predicted octanol–water partition coefficient (Wildman–Crippen LogP) is 3.61. The molecule has 1 aliphatic heterocycles. The van der Waals surface area contributed by atoms with Gasteiger partial charge in [-0.25, -0.2) is 19.3 Å². The Morgan fingerprint density at radius 3 is 2.43 bits per heavy atom. The lowest BCUT2D eigenvalue weighted by molar-refractivity contribution is -0.122. The van der Waals surface area contributed by atoms with Gasteiger partial charge in [-0.1, -0.05) is 12.1 Å². The Morgan fingerprint density at radius 2 is 1.74 bits per heavy atom. The normalized spacial score (nSPS) is 18.6. The highest BCUT2D eigenvalue weighted by atomic mass is 19.1. The standard InChI is InChI=1S/C32H34FN7O2/c33-24-8-4-21(5-9-24)27-19-28(27)35-14-1-3-25-20-40(26-10-6-23(7-11-26)30-36-15-2-16-37-30)32(42)31(38-25)39-17-12-22(13-18-39)29(34)41/h2,4-11,15-16,20,22,27-28,35H,1,3,12-14,17-19H2,(H2,34,41)/t27-,28+/m0/s1. The summed E-state index contributed by atoms with van der Waals surface area (Å²) in [6.45, 7) is 1.92. The number of halogens is 1. The molecule has 0 spiro atoms. The Hall–Kier alpha value is -4.44. The van der Waals surface area contributed by atoms with Crippen LogP contribution < -0.4 is 21.5 Å². The van der Waals surface area contributed by atoms with Gasteiger partial charge < -0.3 is 16.0 Å². The zero-order valence-corrected chi connectivity index (χ0v) is 23.3. The Labute approximate surface area is 243 Å². The molecule has 1 saturated heterocycles. The van der Waals surface area contributed by atoms with Crippen LogP contribution in [0.2, 0.25) is 0 Å². The van der Waals surface area contributed by atoms with E-state index in [1.165, 1.54) is 12.1 Å². The van der Waals surface area contributed by atoms with Crippen molar-refractivity contribution in [3.05, 3.63) is 101 Å². The van der Waals surface area contributed by atoms with Crippen molar-refractivity contribution in [2.24, 2.45) is 11.7 Å². The van der Waals surface area contributed by atoms with Gasteiger partial charge in [0.25, 0.3) is 5.56 Å². The Balaban J connectivity index is 1.18. The summed E-state index contributed by atoms with van der Waals surface area (Å²) in [4.78, 5) is 40.8. The van der Waals surface area contributed by atoms with E-state index in [-0.39, 0.29) is 23.2 Å². The highest BCUT2D eigenvalue weighted by Gasteiger charge is 2.37. The molecule has 1 saturated carbocycles. The van der Waals surface area contributed by atoms with E-state index in [4.69, 9.17) is 10.7 Å². The lowest BCUT2D eigenvalue weighted by atomic mass is 9.96. The van der Waals surface area contributed by atoms with Gasteiger partial charge in [0.1, 0.15) is 5.82 Å². The van der Waals surface area contributed by atoms with Crippen LogP contribution in [0.25, 0.3) is 17.1 Å². The molecule has 9 nitrogen and oxygen atoms in total. The quantitative estimate of drug-likeness (QED) is 0.281. The maximum Gasteiger partial charge on any atom is 0.298 e. The fourth-order valence-corrected chi connectivity index (χ4v) is 5.70. The van der Waals surface area contributed by atoms with E-state index in [1.807, 2.05) is 47.5 Å². The second kappa shape index (κ2) is 12.2. The van der Waals surface area contributed by atoms with Crippen molar-refractivity contribution in [3.8, 4) is 17.1 Å². The summed E-state index contributed by atoms with van der Waals surface area (Å²) >= 11 is 0. The second-order valence-electron chi connectivity index (χ2n) is 11.1. The summed E-state index contributed by atoms with van der Waals surface area (Å²) in [6, 6.07) is 16.5. The smallest absolute Gasteiger partial charge is 0.298 e. The first-order valence-electron chi connectivity index (χ1n) is 14.5. The molecule has 4 aromatic rings. The highest BCUT2D eigenvalue weighted by molar-refractivity contribution is 5.77. The lowest BCUT2D eigenvalue weighted by Crippen LogP contribution is -2.42. The van der Waals surface area contributed by atoms with E-state index < -0.39 is 0 Å². The number of hydrogen-bond donors (Lipinski definition) is 2. The molecular weight excluding hydrogens is 533 g/mol. The SMILES string of the molecule is NC(=O)C1CCN(c2nc(CCCN[C@@H]3C[C@H]3c3ccc(F)cc3)cn(-c3ccc(-c4ncccn4)cc3)c2=O)CC1. The average molecular weight is 568 g/mol. The number of nitrogens with one attached hydrogen (secondary N) is 1. The summed E-state index contributed by atoms with van der Waals surface area (Å²) in [5.74, 6) is 0.764. The first-order chi connectivity index (χ1) is 20.5. The molecule has 3 heterocycles. The first-order valence-corrected chi connectivity index (χ1v) is 14.5. The van der Waals surface area contributed by atoms with Crippen LogP contribution in [0.5, 0.6) is 0 Å². The van der Waals surface area contributed by atoms with E-state index >= 15 is 0 Å². The molecule has 2 atom stereocenters. The second-order valence-corrected chi connectivity index (χ2v) is 11.1. The van der Waals surface area contributed by atoms with Gasteiger partial charge >= 0.3 is 0 Å². The molecule has 2 aromatic heterocycles. The zero-order chi connectivity index (χ0) is 29.1. The van der Waals surface area contributed by atoms with Gasteiger partial charge in [-0.2, -0.15) is 0 Å². The third-order valence-electron chi connectivity index (χ3n) is 8.21. The van der Waals surface area contributed by atoms with E-state index in [9.17, 15) is 14.0 Å². The number of primary amides is 1. The summed E-state index contributed by atoms with van der Waals surface area (Å²) < 4.78 is 14.9. The van der Waals surface area contributed by atoms with E-state index in [0.717, 1.165) is 41.9 Å². The van der Waals surface area contributed by atoms with Crippen LogP contribution in [0.1, 0.15) is 42.9 Å². The fraction of sp³-hybridized carbons (Fsp3) is 0.344. The summed E-state index contributed by atoms with van der Waals surface area (Å²) in [5.41, 5.74) is 8.92. The molecule has 2 aliphatic rings. The van der Waals surface area contributed by atoms with Crippen molar-refractivity contribution in [3.63, 3.8) is 0 Å². The molecule has 2 aromatic carbocycles. The Bertz CT molecular complexity index is 1580. The number of hydrogen-bond acceptors (Lipinski definition) is 7. The topological polar surface area (TPSA) is 119 Å². The number of piperidine rings is 1. The minimum absolute atomic E-state index is 0.174. The Morgan fingerprint density at radius 1 is 1.02 bits per heavy atom. The van der Waals surface area contributed by atoms with Gasteiger partial charge in [-0.3, -0.25) is 14.2 Å². The number of aromatic nitrogens is 4. The van der Waals surface area contributed by atoms with E-state index in [0.29, 0.717) is 56.0 Å². The van der Waals surface area contributed by atoms with Crippen LogP contribution >= 0.6 is 0 Å². The molecule has 3 N–H and O–H groups in total. The summed E-state index contributed by atoms with van der Waals surface area (Å²) in [6.07, 6.45) is 9.03. The number of benzene rings is 2. The van der Waals surface area contributed by atoms with Gasteiger partial charge in [-0.05, 0) is 86.7 Å². The molecule has 1 amide bonds. The molecular formula is C32H34FN7O2. The number of carbonyl (C=O) groups excluding carboxylic acids is 1. The van der Waals surface area contributed by atoms with Gasteiger partial charge in [0.2, 0.25) is 5.91 Å². The van der Waals surface area contributed by atoms with Gasteiger partial charge in [0.15, 0.2) is 11.6 Å². The Kier molecular flexibility index (Phi) is 8.05. The summed E-state index contributed by atoms with van der Waals surface area (Å²) in [7, 11) is 0. The molecule has 0 unspecified atom stereocenters. The van der Waals surface area contributed by atoms with Crippen molar-refractivity contribution in [2.45, 2.75) is 44.1 Å². The number of nitrogens with zero attached hydrogens (tertiary/aromatic N) is 5. The molecule has 6 rings (SSSR count). The third kappa shape index (κ3) is 6.23. The van der Waals surface area contributed by atoms with Crippen molar-refractivity contribution in [2.75, 3.05) is 24.5 Å². The van der Waals surface area contributed by atoms with Crippen LogP contribution in [-0.4, -0.2) is 51.1 Å². The largest absolute Gasteiger partial charge is 0.369 e. The van der Waals surface area contributed by atoms with Crippen LogP contribution in [0, 0.1) is 11.7 Å². The third-order valence-corrected chi connectivity index (χ3v) is 8.21. The van der Waals surface area contributed by atoms with Crippen molar-refractivity contribution in [1.29, 1.82) is 0 Å². The van der Waals surface area contributed by atoms with Gasteiger partial charge in [0, 0.05) is 60.8 Å². The van der Waals surface area contributed by atoms with Crippen LogP contribution in [0.15, 0.2) is 78.0 Å². The van der Waals surface area contributed by atoms with E-state index in [2.05, 4.69) is 15.3 Å². The van der Waals surface area contributed by atoms with Gasteiger partial charge in [-0.15, -0.1) is 0 Å². The van der Waals surface area contributed by atoms with Crippen LogP contribution in [0.3, 0.4) is 0 Å². The van der Waals surface area contributed by atoms with Gasteiger partial charge in [0.05, 0.1) is 5.69 Å². The van der Waals surface area contributed by atoms with Crippen molar-refractivity contribution in [1.82, 2.24) is 24.8 Å². The molecule has 42 heavy (non-hydrogen) atoms. The maximum absolute atomic E-state index is 13.7. The predicted molar refractivity (Wildman–Crippen MR) is 159 cm³/mol. The first kappa shape index (κ1) is 27.7.